The van der Waals surface area contributed by atoms with Crippen molar-refractivity contribution >= 4 is 29.0 Å². The van der Waals surface area contributed by atoms with Gasteiger partial charge in [-0.3, -0.25) is 9.59 Å². The van der Waals surface area contributed by atoms with Gasteiger partial charge in [-0.15, -0.1) is 0 Å². The molecular formula is C25H14ClF4NO4. The molecule has 0 saturated heterocycles. The maximum absolute atomic E-state index is 13.7. The van der Waals surface area contributed by atoms with E-state index in [0.29, 0.717) is 5.56 Å². The number of benzene rings is 3. The average Bonchev–Trinajstić information content (AvgIpc) is 3.33. The summed E-state index contributed by atoms with van der Waals surface area (Å²) in [7, 11) is 0. The molecule has 5 nitrogen and oxygen atoms in total. The van der Waals surface area contributed by atoms with E-state index in [1.807, 2.05) is 0 Å². The molecule has 0 aliphatic heterocycles. The summed E-state index contributed by atoms with van der Waals surface area (Å²) in [6.07, 6.45) is 0. The summed E-state index contributed by atoms with van der Waals surface area (Å²) in [4.78, 5) is 25.6. The minimum atomic E-state index is -1.70. The molecular weight excluding hydrogens is 490 g/mol. The lowest BCUT2D eigenvalue weighted by molar-refractivity contribution is 0.0992. The van der Waals surface area contributed by atoms with Crippen LogP contribution in [0, 0.1) is 23.3 Å². The highest BCUT2D eigenvalue weighted by molar-refractivity contribution is 6.31. The first-order chi connectivity index (χ1) is 16.7. The molecule has 1 aromatic heterocycles. The number of halogens is 5. The molecule has 35 heavy (non-hydrogen) atoms. The van der Waals surface area contributed by atoms with Crippen LogP contribution in [-0.2, 0) is 6.61 Å². The number of ketones is 1. The fourth-order valence-corrected chi connectivity index (χ4v) is 3.31. The number of hydrogen-bond donors (Lipinski definition) is 1. The Bertz CT molecular complexity index is 1400. The Labute approximate surface area is 200 Å². The Hall–Kier alpha value is -4.11. The van der Waals surface area contributed by atoms with Gasteiger partial charge in [0.05, 0.1) is 5.69 Å². The molecule has 0 bridgehead atoms. The second kappa shape index (κ2) is 10.0. The lowest BCUT2D eigenvalue weighted by Gasteiger charge is -2.10. The first-order valence-corrected chi connectivity index (χ1v) is 10.4. The number of anilines is 1. The molecule has 0 atom stereocenters. The van der Waals surface area contributed by atoms with E-state index >= 15 is 0 Å². The van der Waals surface area contributed by atoms with Gasteiger partial charge in [0.15, 0.2) is 28.9 Å². The number of amides is 1. The van der Waals surface area contributed by atoms with Crippen LogP contribution in [0.5, 0.6) is 5.75 Å². The molecule has 4 rings (SSSR count). The van der Waals surface area contributed by atoms with Gasteiger partial charge >= 0.3 is 0 Å². The zero-order chi connectivity index (χ0) is 25.1. The lowest BCUT2D eigenvalue weighted by Crippen LogP contribution is -2.14. The minimum Gasteiger partial charge on any atom is -0.479 e. The largest absolute Gasteiger partial charge is 0.479 e. The van der Waals surface area contributed by atoms with Gasteiger partial charge in [0.25, 0.3) is 5.91 Å². The van der Waals surface area contributed by atoms with Crippen molar-refractivity contribution in [2.75, 3.05) is 5.32 Å². The third-order valence-electron chi connectivity index (χ3n) is 4.83. The molecule has 0 saturated carbocycles. The number of hydrogen-bond acceptors (Lipinski definition) is 4. The maximum Gasteiger partial charge on any atom is 0.291 e. The molecule has 0 radical (unpaired) electrons. The van der Waals surface area contributed by atoms with E-state index in [1.165, 1.54) is 30.3 Å². The molecule has 1 heterocycles. The molecule has 1 N–H and O–H groups in total. The van der Waals surface area contributed by atoms with E-state index in [-0.39, 0.29) is 39.6 Å². The van der Waals surface area contributed by atoms with E-state index in [2.05, 4.69) is 5.32 Å². The predicted octanol–water partition coefficient (Wildman–Crippen LogP) is 6.55. The Morgan fingerprint density at radius 1 is 0.886 bits per heavy atom. The fourth-order valence-electron chi connectivity index (χ4n) is 3.14. The van der Waals surface area contributed by atoms with E-state index in [0.717, 1.165) is 0 Å². The summed E-state index contributed by atoms with van der Waals surface area (Å²) in [5.41, 5.74) is 0.698. The average molecular weight is 504 g/mol. The van der Waals surface area contributed by atoms with Crippen molar-refractivity contribution < 1.29 is 36.3 Å². The van der Waals surface area contributed by atoms with Gasteiger partial charge in [-0.25, -0.2) is 8.78 Å². The minimum absolute atomic E-state index is 0.0560. The van der Waals surface area contributed by atoms with Crippen molar-refractivity contribution in [3.63, 3.8) is 0 Å². The van der Waals surface area contributed by atoms with Crippen LogP contribution < -0.4 is 10.1 Å². The SMILES string of the molecule is O=C(Nc1ccc(Cl)cc1C(=O)c1ccccc1)c1ccc(COc2c(F)c(F)cc(F)c2F)o1. The van der Waals surface area contributed by atoms with Crippen molar-refractivity contribution in [1.82, 2.24) is 0 Å². The van der Waals surface area contributed by atoms with Crippen LogP contribution in [0.3, 0.4) is 0 Å². The highest BCUT2D eigenvalue weighted by Crippen LogP contribution is 2.28. The van der Waals surface area contributed by atoms with Crippen molar-refractivity contribution in [2.45, 2.75) is 6.61 Å². The zero-order valence-electron chi connectivity index (χ0n) is 17.6. The third-order valence-corrected chi connectivity index (χ3v) is 5.06. The summed E-state index contributed by atoms with van der Waals surface area (Å²) >= 11 is 6.03. The van der Waals surface area contributed by atoms with Gasteiger partial charge in [0.2, 0.25) is 11.6 Å². The summed E-state index contributed by atoms with van der Waals surface area (Å²) in [6.45, 7) is -0.622. The number of carbonyl (C=O) groups excluding carboxylic acids is 2. The molecule has 0 fully saturated rings. The predicted molar refractivity (Wildman–Crippen MR) is 119 cm³/mol. The normalized spacial score (nSPS) is 10.8. The van der Waals surface area contributed by atoms with Gasteiger partial charge < -0.3 is 14.5 Å². The number of carbonyl (C=O) groups is 2. The number of rotatable bonds is 7. The van der Waals surface area contributed by atoms with E-state index in [1.54, 1.807) is 30.3 Å². The quantitative estimate of drug-likeness (QED) is 0.176. The molecule has 0 unspecified atom stereocenters. The lowest BCUT2D eigenvalue weighted by atomic mass is 10.0. The Kier molecular flexibility index (Phi) is 6.88. The molecule has 3 aromatic carbocycles. The highest BCUT2D eigenvalue weighted by atomic mass is 35.5. The summed E-state index contributed by atoms with van der Waals surface area (Å²) < 4.78 is 64.2. The second-order valence-electron chi connectivity index (χ2n) is 7.19. The van der Waals surface area contributed by atoms with Crippen LogP contribution in [0.15, 0.2) is 71.1 Å². The Morgan fingerprint density at radius 3 is 2.26 bits per heavy atom. The molecule has 10 heteroatoms. The monoisotopic (exact) mass is 503 g/mol. The third kappa shape index (κ3) is 5.20. The molecule has 0 aliphatic carbocycles. The molecule has 1 amide bonds. The highest BCUT2D eigenvalue weighted by Gasteiger charge is 2.22. The summed E-state index contributed by atoms with van der Waals surface area (Å²) in [6, 6.07) is 15.3. The summed E-state index contributed by atoms with van der Waals surface area (Å²) in [5, 5.41) is 2.84. The van der Waals surface area contributed by atoms with Crippen LogP contribution in [0.25, 0.3) is 0 Å². The van der Waals surface area contributed by atoms with Crippen LogP contribution in [0.4, 0.5) is 23.2 Å². The second-order valence-corrected chi connectivity index (χ2v) is 7.63. The zero-order valence-corrected chi connectivity index (χ0v) is 18.3. The first kappa shape index (κ1) is 24.0. The van der Waals surface area contributed by atoms with E-state index in [9.17, 15) is 27.2 Å². The van der Waals surface area contributed by atoms with Crippen molar-refractivity contribution in [3.05, 3.63) is 118 Å². The number of furan rings is 1. The van der Waals surface area contributed by atoms with Crippen LogP contribution in [0.1, 0.15) is 32.2 Å². The Balaban J connectivity index is 1.50. The van der Waals surface area contributed by atoms with Crippen LogP contribution in [-0.4, -0.2) is 11.7 Å². The smallest absolute Gasteiger partial charge is 0.291 e. The van der Waals surface area contributed by atoms with Crippen molar-refractivity contribution in [3.8, 4) is 5.75 Å². The fraction of sp³-hybridized carbons (Fsp3) is 0.0400. The van der Waals surface area contributed by atoms with Crippen LogP contribution >= 0.6 is 11.6 Å². The molecule has 178 valence electrons. The summed E-state index contributed by atoms with van der Waals surface area (Å²) in [5.74, 6) is -9.30. The number of nitrogens with one attached hydrogen (secondary N) is 1. The molecule has 0 aliphatic rings. The maximum atomic E-state index is 13.7. The van der Waals surface area contributed by atoms with Crippen LogP contribution in [0.2, 0.25) is 5.02 Å². The van der Waals surface area contributed by atoms with Crippen molar-refractivity contribution in [1.29, 1.82) is 0 Å². The Morgan fingerprint density at radius 2 is 1.57 bits per heavy atom. The van der Waals surface area contributed by atoms with Gasteiger partial charge in [0.1, 0.15) is 12.4 Å². The molecule has 4 aromatic rings. The molecule has 0 spiro atoms. The van der Waals surface area contributed by atoms with E-state index in [4.69, 9.17) is 20.8 Å². The standard InChI is InChI=1S/C25H14ClF4NO4/c26-14-6-8-19(16(10-14)23(32)13-4-2-1-3-5-13)31-25(33)20-9-7-15(35-20)12-34-24-21(29)17(27)11-18(28)22(24)30/h1-11H,12H2,(H,31,33). The van der Waals surface area contributed by atoms with Gasteiger partial charge in [-0.05, 0) is 30.3 Å². The van der Waals surface area contributed by atoms with Gasteiger partial charge in [0, 0.05) is 22.2 Å². The number of ether oxygens (including phenoxy) is 1. The van der Waals surface area contributed by atoms with Gasteiger partial charge in [-0.2, -0.15) is 8.78 Å². The van der Waals surface area contributed by atoms with Crippen molar-refractivity contribution in [2.24, 2.45) is 0 Å². The van der Waals surface area contributed by atoms with E-state index < -0.39 is 41.5 Å². The topological polar surface area (TPSA) is 68.5 Å². The van der Waals surface area contributed by atoms with Gasteiger partial charge in [-0.1, -0.05) is 41.9 Å². The first-order valence-electron chi connectivity index (χ1n) is 9.99.